The standard InChI is InChI=1S/C12H7Br3N2O/c13-7-1-3-9(15)11(5-7)17-12(18)10-4-2-8(14)6-16-10/h1-6H,(H,17,18). The highest BCUT2D eigenvalue weighted by molar-refractivity contribution is 9.11. The number of pyridine rings is 1. The van der Waals surface area contributed by atoms with Crippen LogP contribution in [0.5, 0.6) is 0 Å². The minimum Gasteiger partial charge on any atom is -0.320 e. The lowest BCUT2D eigenvalue weighted by molar-refractivity contribution is 0.102. The van der Waals surface area contributed by atoms with Crippen LogP contribution in [0.2, 0.25) is 0 Å². The fraction of sp³-hybridized carbons (Fsp3) is 0. The van der Waals surface area contributed by atoms with Gasteiger partial charge in [-0.05, 0) is 62.2 Å². The van der Waals surface area contributed by atoms with Crippen LogP contribution >= 0.6 is 47.8 Å². The molecule has 0 bridgehead atoms. The summed E-state index contributed by atoms with van der Waals surface area (Å²) in [6.45, 7) is 0. The number of hydrogen-bond donors (Lipinski definition) is 1. The molecule has 0 aliphatic rings. The molecule has 0 saturated heterocycles. The number of aromatic nitrogens is 1. The average molecular weight is 435 g/mol. The van der Waals surface area contributed by atoms with Gasteiger partial charge in [-0.25, -0.2) is 4.98 Å². The molecule has 0 saturated carbocycles. The number of carbonyl (C=O) groups is 1. The van der Waals surface area contributed by atoms with Crippen LogP contribution in [0.3, 0.4) is 0 Å². The number of carbonyl (C=O) groups excluding carboxylic acids is 1. The quantitative estimate of drug-likeness (QED) is 0.749. The van der Waals surface area contributed by atoms with Crippen molar-refractivity contribution in [1.29, 1.82) is 0 Å². The van der Waals surface area contributed by atoms with E-state index in [1.807, 2.05) is 18.2 Å². The van der Waals surface area contributed by atoms with Crippen LogP contribution in [0.1, 0.15) is 10.5 Å². The first-order chi connectivity index (χ1) is 8.56. The zero-order chi connectivity index (χ0) is 13.1. The third kappa shape index (κ3) is 3.40. The SMILES string of the molecule is O=C(Nc1cc(Br)ccc1Br)c1ccc(Br)cn1. The second-order valence-corrected chi connectivity index (χ2v) is 6.13. The molecule has 1 aromatic heterocycles. The molecule has 0 aliphatic heterocycles. The van der Waals surface area contributed by atoms with Crippen LogP contribution < -0.4 is 5.32 Å². The Hall–Kier alpha value is -0.720. The molecule has 2 aromatic rings. The second-order valence-electron chi connectivity index (χ2n) is 3.44. The summed E-state index contributed by atoms with van der Waals surface area (Å²) in [4.78, 5) is 16.0. The molecule has 0 spiro atoms. The van der Waals surface area contributed by atoms with Gasteiger partial charge in [-0.2, -0.15) is 0 Å². The lowest BCUT2D eigenvalue weighted by Gasteiger charge is -2.07. The molecule has 0 radical (unpaired) electrons. The summed E-state index contributed by atoms with van der Waals surface area (Å²) < 4.78 is 2.55. The molecule has 92 valence electrons. The van der Waals surface area contributed by atoms with Crippen LogP contribution in [0.15, 0.2) is 49.9 Å². The largest absolute Gasteiger partial charge is 0.320 e. The summed E-state index contributed by atoms with van der Waals surface area (Å²) in [5, 5.41) is 2.79. The van der Waals surface area contributed by atoms with Crippen molar-refractivity contribution in [2.24, 2.45) is 0 Å². The summed E-state index contributed by atoms with van der Waals surface area (Å²) in [5.41, 5.74) is 1.06. The van der Waals surface area contributed by atoms with Gasteiger partial charge in [0, 0.05) is 19.6 Å². The van der Waals surface area contributed by atoms with Gasteiger partial charge in [0.25, 0.3) is 5.91 Å². The first-order valence-electron chi connectivity index (χ1n) is 4.94. The van der Waals surface area contributed by atoms with E-state index < -0.39 is 0 Å². The molecule has 1 N–H and O–H groups in total. The lowest BCUT2D eigenvalue weighted by Crippen LogP contribution is -2.13. The molecule has 2 rings (SSSR count). The molecule has 3 nitrogen and oxygen atoms in total. The predicted octanol–water partition coefficient (Wildman–Crippen LogP) is 4.62. The van der Waals surface area contributed by atoms with Gasteiger partial charge in [-0.1, -0.05) is 15.9 Å². The third-order valence-electron chi connectivity index (χ3n) is 2.14. The Kier molecular flexibility index (Phi) is 4.53. The average Bonchev–Trinajstić information content (AvgIpc) is 2.34. The minimum absolute atomic E-state index is 0.249. The van der Waals surface area contributed by atoms with Gasteiger partial charge < -0.3 is 5.32 Å². The Morgan fingerprint density at radius 1 is 1.06 bits per heavy atom. The van der Waals surface area contributed by atoms with Gasteiger partial charge in [0.1, 0.15) is 5.69 Å². The van der Waals surface area contributed by atoms with Gasteiger partial charge in [-0.15, -0.1) is 0 Å². The summed E-state index contributed by atoms with van der Waals surface area (Å²) in [6, 6.07) is 9.00. The Bertz CT molecular complexity index is 584. The number of benzene rings is 1. The van der Waals surface area contributed by atoms with Gasteiger partial charge in [0.05, 0.1) is 5.69 Å². The molecule has 0 atom stereocenters. The predicted molar refractivity (Wildman–Crippen MR) is 81.7 cm³/mol. The van der Waals surface area contributed by atoms with Gasteiger partial charge in [0.2, 0.25) is 0 Å². The van der Waals surface area contributed by atoms with Gasteiger partial charge in [-0.3, -0.25) is 4.79 Å². The number of nitrogens with one attached hydrogen (secondary N) is 1. The van der Waals surface area contributed by atoms with E-state index in [0.717, 1.165) is 13.4 Å². The maximum atomic E-state index is 12.0. The zero-order valence-corrected chi connectivity index (χ0v) is 13.7. The Morgan fingerprint density at radius 2 is 1.78 bits per heavy atom. The van der Waals surface area contributed by atoms with Crippen molar-refractivity contribution in [2.45, 2.75) is 0 Å². The molecule has 1 amide bonds. The summed E-state index contributed by atoms with van der Waals surface area (Å²) in [6.07, 6.45) is 1.59. The molecule has 0 aliphatic carbocycles. The van der Waals surface area contributed by atoms with E-state index in [-0.39, 0.29) is 5.91 Å². The van der Waals surface area contributed by atoms with Gasteiger partial charge in [0.15, 0.2) is 0 Å². The summed E-state index contributed by atoms with van der Waals surface area (Å²) >= 11 is 10.0. The lowest BCUT2D eigenvalue weighted by atomic mass is 10.3. The summed E-state index contributed by atoms with van der Waals surface area (Å²) in [7, 11) is 0. The smallest absolute Gasteiger partial charge is 0.274 e. The Morgan fingerprint density at radius 3 is 2.44 bits per heavy atom. The fourth-order valence-electron chi connectivity index (χ4n) is 1.29. The molecule has 1 heterocycles. The third-order valence-corrected chi connectivity index (χ3v) is 3.79. The number of halogens is 3. The highest BCUT2D eigenvalue weighted by Crippen LogP contribution is 2.26. The van der Waals surface area contributed by atoms with E-state index in [9.17, 15) is 4.79 Å². The van der Waals surface area contributed by atoms with E-state index in [1.54, 1.807) is 18.3 Å². The maximum Gasteiger partial charge on any atom is 0.274 e. The van der Waals surface area contributed by atoms with E-state index in [4.69, 9.17) is 0 Å². The van der Waals surface area contributed by atoms with Crippen LogP contribution in [0.25, 0.3) is 0 Å². The molecule has 6 heteroatoms. The van der Waals surface area contributed by atoms with E-state index in [1.165, 1.54) is 0 Å². The fourth-order valence-corrected chi connectivity index (χ4v) is 2.23. The first kappa shape index (κ1) is 13.7. The topological polar surface area (TPSA) is 42.0 Å². The zero-order valence-electron chi connectivity index (χ0n) is 8.95. The van der Waals surface area contributed by atoms with Crippen LogP contribution in [0, 0.1) is 0 Å². The van der Waals surface area contributed by atoms with Gasteiger partial charge >= 0.3 is 0 Å². The van der Waals surface area contributed by atoms with Crippen molar-refractivity contribution >= 4 is 59.4 Å². The van der Waals surface area contributed by atoms with Crippen molar-refractivity contribution in [3.8, 4) is 0 Å². The van der Waals surface area contributed by atoms with Crippen LogP contribution in [-0.4, -0.2) is 10.9 Å². The highest BCUT2D eigenvalue weighted by Gasteiger charge is 2.09. The monoisotopic (exact) mass is 432 g/mol. The van der Waals surface area contributed by atoms with Crippen molar-refractivity contribution < 1.29 is 4.79 Å². The Balaban J connectivity index is 2.21. The van der Waals surface area contributed by atoms with Crippen molar-refractivity contribution in [3.63, 3.8) is 0 Å². The Labute approximate surface area is 129 Å². The molecular weight excluding hydrogens is 428 g/mol. The molecular formula is C12H7Br3N2O. The van der Waals surface area contributed by atoms with Crippen molar-refractivity contribution in [1.82, 2.24) is 4.98 Å². The molecule has 1 aromatic carbocycles. The maximum absolute atomic E-state index is 12.0. The van der Waals surface area contributed by atoms with Crippen molar-refractivity contribution in [3.05, 3.63) is 55.6 Å². The second kappa shape index (κ2) is 5.95. The minimum atomic E-state index is -0.249. The van der Waals surface area contributed by atoms with E-state index in [0.29, 0.717) is 11.4 Å². The van der Waals surface area contributed by atoms with Crippen molar-refractivity contribution in [2.75, 3.05) is 5.32 Å². The summed E-state index contributed by atoms with van der Waals surface area (Å²) in [5.74, 6) is -0.249. The molecule has 18 heavy (non-hydrogen) atoms. The van der Waals surface area contributed by atoms with E-state index in [2.05, 4.69) is 58.1 Å². The number of nitrogens with zero attached hydrogens (tertiary/aromatic N) is 1. The number of amides is 1. The van der Waals surface area contributed by atoms with Crippen LogP contribution in [0.4, 0.5) is 5.69 Å². The number of hydrogen-bond acceptors (Lipinski definition) is 2. The molecule has 0 unspecified atom stereocenters. The van der Waals surface area contributed by atoms with Crippen LogP contribution in [-0.2, 0) is 0 Å². The highest BCUT2D eigenvalue weighted by atomic mass is 79.9. The molecule has 0 fully saturated rings. The number of rotatable bonds is 2. The number of anilines is 1. The normalized spacial score (nSPS) is 10.2. The van der Waals surface area contributed by atoms with E-state index >= 15 is 0 Å². The first-order valence-corrected chi connectivity index (χ1v) is 7.32.